The first kappa shape index (κ1) is 14.4. The van der Waals surface area contributed by atoms with Crippen molar-refractivity contribution in [3.8, 4) is 5.75 Å². The largest absolute Gasteiger partial charge is 0.496 e. The van der Waals surface area contributed by atoms with Gasteiger partial charge in [-0.15, -0.1) is 0 Å². The zero-order valence-corrected chi connectivity index (χ0v) is 10.5. The van der Waals surface area contributed by atoms with E-state index in [1.165, 1.54) is 7.11 Å². The first-order valence-electron chi connectivity index (χ1n) is 4.99. The minimum atomic E-state index is -0.901. The molecule has 102 valence electrons. The summed E-state index contributed by atoms with van der Waals surface area (Å²) in [6, 6.07) is 1.98. The van der Waals surface area contributed by atoms with Crippen molar-refractivity contribution in [2.45, 2.75) is 0 Å². The number of rotatable bonds is 4. The molecule has 8 heteroatoms. The van der Waals surface area contributed by atoms with Crippen LogP contribution in [0.25, 0.3) is 0 Å². The zero-order chi connectivity index (χ0) is 14.6. The molecule has 8 nitrogen and oxygen atoms in total. The first-order chi connectivity index (χ1) is 8.96. The number of nitro groups is 1. The fourth-order valence-electron chi connectivity index (χ4n) is 1.43. The third-order valence-corrected chi connectivity index (χ3v) is 2.33. The van der Waals surface area contributed by atoms with E-state index >= 15 is 0 Å². The lowest BCUT2D eigenvalue weighted by molar-refractivity contribution is -0.385. The van der Waals surface area contributed by atoms with Crippen LogP contribution in [0.2, 0.25) is 0 Å². The van der Waals surface area contributed by atoms with Crippen LogP contribution in [0.5, 0.6) is 5.75 Å². The van der Waals surface area contributed by atoms with Crippen LogP contribution < -0.4 is 4.74 Å². The molecule has 1 aromatic carbocycles. The van der Waals surface area contributed by atoms with E-state index < -0.39 is 22.5 Å². The SMILES string of the molecule is COC(=O)c1cc([N+](=O)[O-])c(C(=O)OC)cc1OC. The van der Waals surface area contributed by atoms with Crippen LogP contribution in [0.1, 0.15) is 20.7 Å². The van der Waals surface area contributed by atoms with E-state index in [-0.39, 0.29) is 16.9 Å². The molecule has 0 bridgehead atoms. The van der Waals surface area contributed by atoms with E-state index in [2.05, 4.69) is 9.47 Å². The Kier molecular flexibility index (Phi) is 4.41. The van der Waals surface area contributed by atoms with Gasteiger partial charge in [0.05, 0.1) is 26.3 Å². The number of ether oxygens (including phenoxy) is 3. The van der Waals surface area contributed by atoms with E-state index in [0.717, 1.165) is 26.4 Å². The molecule has 19 heavy (non-hydrogen) atoms. The van der Waals surface area contributed by atoms with Gasteiger partial charge < -0.3 is 14.2 Å². The third kappa shape index (κ3) is 2.79. The Labute approximate surface area is 108 Å². The number of nitrogens with zero attached hydrogens (tertiary/aromatic N) is 1. The molecule has 0 aliphatic rings. The Morgan fingerprint density at radius 1 is 1.05 bits per heavy atom. The molecule has 0 aliphatic heterocycles. The highest BCUT2D eigenvalue weighted by Crippen LogP contribution is 2.29. The van der Waals surface area contributed by atoms with Crippen LogP contribution in [-0.2, 0) is 9.47 Å². The summed E-state index contributed by atoms with van der Waals surface area (Å²) >= 11 is 0. The van der Waals surface area contributed by atoms with Crippen LogP contribution in [0.3, 0.4) is 0 Å². The predicted octanol–water partition coefficient (Wildman–Crippen LogP) is 1.18. The molecule has 1 rings (SSSR count). The Hall–Kier alpha value is -2.64. The molecule has 0 heterocycles. The van der Waals surface area contributed by atoms with E-state index in [4.69, 9.17) is 4.74 Å². The molecule has 0 atom stereocenters. The molecular formula is C11H11NO7. The summed E-state index contributed by atoms with van der Waals surface area (Å²) in [5.41, 5.74) is -1.02. The molecule has 0 unspecified atom stereocenters. The van der Waals surface area contributed by atoms with Gasteiger partial charge in [-0.1, -0.05) is 0 Å². The lowest BCUT2D eigenvalue weighted by atomic mass is 10.1. The summed E-state index contributed by atoms with van der Waals surface area (Å²) in [5, 5.41) is 10.9. The van der Waals surface area contributed by atoms with Crippen LogP contribution in [0, 0.1) is 10.1 Å². The van der Waals surface area contributed by atoms with Crippen molar-refractivity contribution >= 4 is 17.6 Å². The lowest BCUT2D eigenvalue weighted by Gasteiger charge is -2.09. The Morgan fingerprint density at radius 3 is 2.00 bits per heavy atom. The second kappa shape index (κ2) is 5.80. The number of nitro benzene ring substituents is 1. The van der Waals surface area contributed by atoms with Gasteiger partial charge in [-0.3, -0.25) is 10.1 Å². The molecule has 0 saturated heterocycles. The smallest absolute Gasteiger partial charge is 0.345 e. The van der Waals surface area contributed by atoms with Crippen LogP contribution >= 0.6 is 0 Å². The highest BCUT2D eigenvalue weighted by molar-refractivity contribution is 5.99. The number of carbonyl (C=O) groups excluding carboxylic acids is 2. The molecule has 0 aromatic heterocycles. The Bertz CT molecular complexity index is 538. The minimum absolute atomic E-state index is 0.0159. The average Bonchev–Trinajstić information content (AvgIpc) is 2.43. The van der Waals surface area contributed by atoms with Crippen LogP contribution in [-0.4, -0.2) is 38.2 Å². The summed E-state index contributed by atoms with van der Waals surface area (Å²) in [7, 11) is 3.48. The second-order valence-electron chi connectivity index (χ2n) is 3.31. The topological polar surface area (TPSA) is 105 Å². The molecule has 0 aliphatic carbocycles. The Morgan fingerprint density at radius 2 is 1.58 bits per heavy atom. The van der Waals surface area contributed by atoms with Crippen molar-refractivity contribution in [2.75, 3.05) is 21.3 Å². The van der Waals surface area contributed by atoms with Crippen molar-refractivity contribution in [3.63, 3.8) is 0 Å². The van der Waals surface area contributed by atoms with Gasteiger partial charge in [-0.05, 0) is 0 Å². The van der Waals surface area contributed by atoms with Crippen LogP contribution in [0.4, 0.5) is 5.69 Å². The van der Waals surface area contributed by atoms with Crippen molar-refractivity contribution in [3.05, 3.63) is 33.4 Å². The molecular weight excluding hydrogens is 258 g/mol. The van der Waals surface area contributed by atoms with Gasteiger partial charge in [-0.25, -0.2) is 9.59 Å². The second-order valence-corrected chi connectivity index (χ2v) is 3.31. The van der Waals surface area contributed by atoms with Gasteiger partial charge >= 0.3 is 11.9 Å². The lowest BCUT2D eigenvalue weighted by Crippen LogP contribution is -2.10. The normalized spacial score (nSPS) is 9.63. The average molecular weight is 269 g/mol. The van der Waals surface area contributed by atoms with Gasteiger partial charge in [0, 0.05) is 12.1 Å². The molecule has 0 fully saturated rings. The van der Waals surface area contributed by atoms with Gasteiger partial charge in [0.15, 0.2) is 0 Å². The van der Waals surface area contributed by atoms with Gasteiger partial charge in [0.2, 0.25) is 0 Å². The molecule has 0 N–H and O–H groups in total. The standard InChI is InChI=1S/C11H11NO7/c1-17-9-5-6(10(13)18-2)8(12(15)16)4-7(9)11(14)19-3/h4-5H,1-3H3. The van der Waals surface area contributed by atoms with Crippen molar-refractivity contribution < 1.29 is 28.7 Å². The molecule has 0 saturated carbocycles. The summed E-state index contributed by atoms with van der Waals surface area (Å²) in [4.78, 5) is 33.1. The summed E-state index contributed by atoms with van der Waals surface area (Å²) in [6.45, 7) is 0. The monoisotopic (exact) mass is 269 g/mol. The van der Waals surface area contributed by atoms with Crippen molar-refractivity contribution in [2.24, 2.45) is 0 Å². The first-order valence-corrected chi connectivity index (χ1v) is 4.99. The molecule has 0 spiro atoms. The highest BCUT2D eigenvalue weighted by Gasteiger charge is 2.27. The Balaban J connectivity index is 3.55. The zero-order valence-electron chi connectivity index (χ0n) is 10.5. The number of esters is 2. The fourth-order valence-corrected chi connectivity index (χ4v) is 1.43. The van der Waals surface area contributed by atoms with Crippen LogP contribution in [0.15, 0.2) is 12.1 Å². The summed E-state index contributed by atoms with van der Waals surface area (Å²) in [5.74, 6) is -1.73. The molecule has 0 radical (unpaired) electrons. The predicted molar refractivity (Wildman–Crippen MR) is 62.3 cm³/mol. The van der Waals surface area contributed by atoms with E-state index in [9.17, 15) is 19.7 Å². The summed E-state index contributed by atoms with van der Waals surface area (Å²) < 4.78 is 13.8. The minimum Gasteiger partial charge on any atom is -0.496 e. The van der Waals surface area contributed by atoms with E-state index in [1.807, 2.05) is 0 Å². The van der Waals surface area contributed by atoms with Crippen molar-refractivity contribution in [1.82, 2.24) is 0 Å². The van der Waals surface area contributed by atoms with Crippen molar-refractivity contribution in [1.29, 1.82) is 0 Å². The van der Waals surface area contributed by atoms with E-state index in [1.54, 1.807) is 0 Å². The summed E-state index contributed by atoms with van der Waals surface area (Å²) in [6.07, 6.45) is 0. The maximum absolute atomic E-state index is 11.5. The fraction of sp³-hybridized carbons (Fsp3) is 0.273. The van der Waals surface area contributed by atoms with Gasteiger partial charge in [-0.2, -0.15) is 0 Å². The number of methoxy groups -OCH3 is 3. The maximum Gasteiger partial charge on any atom is 0.345 e. The van der Waals surface area contributed by atoms with Gasteiger partial charge in [0.25, 0.3) is 5.69 Å². The van der Waals surface area contributed by atoms with E-state index in [0.29, 0.717) is 0 Å². The number of hydrogen-bond donors (Lipinski definition) is 0. The number of carbonyl (C=O) groups is 2. The molecule has 0 amide bonds. The quantitative estimate of drug-likeness (QED) is 0.459. The van der Waals surface area contributed by atoms with Gasteiger partial charge in [0.1, 0.15) is 16.9 Å². The number of benzene rings is 1. The molecule has 1 aromatic rings. The number of hydrogen-bond acceptors (Lipinski definition) is 7. The highest BCUT2D eigenvalue weighted by atomic mass is 16.6. The maximum atomic E-state index is 11.5. The third-order valence-electron chi connectivity index (χ3n) is 2.33.